The topological polar surface area (TPSA) is 21.3 Å². The fourth-order valence-corrected chi connectivity index (χ4v) is 3.57. The minimum atomic E-state index is 0.00101. The highest BCUT2D eigenvalue weighted by Gasteiger charge is 2.39. The van der Waals surface area contributed by atoms with Gasteiger partial charge in [0.1, 0.15) is 11.4 Å². The van der Waals surface area contributed by atoms with Crippen LogP contribution in [0.25, 0.3) is 0 Å². The quantitative estimate of drug-likeness (QED) is 0.886. The largest absolute Gasteiger partial charge is 0.487 e. The molecule has 1 N–H and O–H groups in total. The predicted octanol–water partition coefficient (Wildman–Crippen LogP) is 3.99. The summed E-state index contributed by atoms with van der Waals surface area (Å²) in [5, 5.41) is 3.47. The van der Waals surface area contributed by atoms with E-state index in [0.29, 0.717) is 6.04 Å². The average Bonchev–Trinajstić information content (AvgIpc) is 2.34. The van der Waals surface area contributed by atoms with Gasteiger partial charge in [-0.3, -0.25) is 0 Å². The Balaban J connectivity index is 1.86. The van der Waals surface area contributed by atoms with E-state index in [4.69, 9.17) is 4.74 Å². The third-order valence-electron chi connectivity index (χ3n) is 4.83. The minimum absolute atomic E-state index is 0.00101. The number of aryl methyl sites for hydroxylation is 1. The summed E-state index contributed by atoms with van der Waals surface area (Å²) in [6.07, 6.45) is 6.48. The molecule has 3 rings (SSSR count). The third kappa shape index (κ3) is 2.51. The second-order valence-corrected chi connectivity index (χ2v) is 6.64. The van der Waals surface area contributed by atoms with E-state index in [1.54, 1.807) is 0 Å². The van der Waals surface area contributed by atoms with Crippen molar-refractivity contribution >= 4 is 0 Å². The van der Waals surface area contributed by atoms with E-state index in [1.807, 2.05) is 0 Å². The van der Waals surface area contributed by atoms with Gasteiger partial charge in [0, 0.05) is 18.0 Å². The monoisotopic (exact) mass is 259 g/mol. The Morgan fingerprint density at radius 2 is 2.16 bits per heavy atom. The molecule has 2 aliphatic rings. The maximum absolute atomic E-state index is 6.37. The second-order valence-electron chi connectivity index (χ2n) is 6.64. The van der Waals surface area contributed by atoms with Crippen LogP contribution in [0.15, 0.2) is 18.2 Å². The van der Waals surface area contributed by atoms with E-state index in [-0.39, 0.29) is 5.60 Å². The van der Waals surface area contributed by atoms with Gasteiger partial charge in [-0.25, -0.2) is 0 Å². The van der Waals surface area contributed by atoms with Crippen molar-refractivity contribution < 1.29 is 4.74 Å². The number of hydrogen-bond donors (Lipinski definition) is 1. The molecular weight excluding hydrogens is 234 g/mol. The van der Waals surface area contributed by atoms with E-state index in [1.165, 1.54) is 36.8 Å². The lowest BCUT2D eigenvalue weighted by atomic mass is 9.74. The summed E-state index contributed by atoms with van der Waals surface area (Å²) in [4.78, 5) is 0. The fourth-order valence-electron chi connectivity index (χ4n) is 3.57. The molecule has 0 saturated heterocycles. The van der Waals surface area contributed by atoms with Crippen molar-refractivity contribution in [1.29, 1.82) is 0 Å². The van der Waals surface area contributed by atoms with Gasteiger partial charge in [-0.05, 0) is 39.3 Å². The zero-order chi connectivity index (χ0) is 13.5. The highest BCUT2D eigenvalue weighted by atomic mass is 16.5. The summed E-state index contributed by atoms with van der Waals surface area (Å²) >= 11 is 0. The van der Waals surface area contributed by atoms with Gasteiger partial charge in [-0.1, -0.05) is 37.0 Å². The predicted molar refractivity (Wildman–Crippen MR) is 78.6 cm³/mol. The van der Waals surface area contributed by atoms with Crippen molar-refractivity contribution in [2.45, 2.75) is 57.6 Å². The van der Waals surface area contributed by atoms with Crippen LogP contribution in [0.1, 0.15) is 56.2 Å². The van der Waals surface area contributed by atoms with Crippen LogP contribution in [0, 0.1) is 12.8 Å². The van der Waals surface area contributed by atoms with Crippen molar-refractivity contribution in [3.8, 4) is 5.75 Å². The standard InChI is InChI=1S/C17H25NO/c1-12-7-8-16-14(9-12)15(18-3)11-17(2,19-16)10-13-5-4-6-13/h7-9,13,15,18H,4-6,10-11H2,1-3H3. The molecule has 0 radical (unpaired) electrons. The molecule has 1 saturated carbocycles. The average molecular weight is 259 g/mol. The Hall–Kier alpha value is -1.02. The molecule has 2 heteroatoms. The number of benzene rings is 1. The Bertz CT molecular complexity index is 466. The molecule has 0 aromatic heterocycles. The maximum atomic E-state index is 6.37. The molecule has 1 aromatic rings. The van der Waals surface area contributed by atoms with Gasteiger partial charge in [0.2, 0.25) is 0 Å². The Kier molecular flexibility index (Phi) is 3.30. The van der Waals surface area contributed by atoms with Crippen LogP contribution >= 0.6 is 0 Å². The zero-order valence-corrected chi connectivity index (χ0v) is 12.3. The molecule has 0 spiro atoms. The van der Waals surface area contributed by atoms with E-state index >= 15 is 0 Å². The summed E-state index contributed by atoms with van der Waals surface area (Å²) in [6, 6.07) is 6.99. The number of nitrogens with one attached hydrogen (secondary N) is 1. The lowest BCUT2D eigenvalue weighted by Crippen LogP contribution is -2.43. The highest BCUT2D eigenvalue weighted by Crippen LogP contribution is 2.45. The molecule has 2 atom stereocenters. The molecule has 1 heterocycles. The molecule has 1 fully saturated rings. The summed E-state index contributed by atoms with van der Waals surface area (Å²) in [5.74, 6) is 1.97. The van der Waals surface area contributed by atoms with Crippen molar-refractivity contribution in [2.24, 2.45) is 5.92 Å². The molecule has 2 unspecified atom stereocenters. The number of rotatable bonds is 3. The smallest absolute Gasteiger partial charge is 0.124 e. The molecular formula is C17H25NO. The second kappa shape index (κ2) is 4.82. The molecule has 104 valence electrons. The summed E-state index contributed by atoms with van der Waals surface area (Å²) < 4.78 is 6.37. The van der Waals surface area contributed by atoms with E-state index in [0.717, 1.165) is 18.1 Å². The fraction of sp³-hybridized carbons (Fsp3) is 0.647. The van der Waals surface area contributed by atoms with Crippen LogP contribution < -0.4 is 10.1 Å². The van der Waals surface area contributed by atoms with Crippen LogP contribution in [0.5, 0.6) is 5.75 Å². The highest BCUT2D eigenvalue weighted by molar-refractivity contribution is 5.41. The molecule has 0 bridgehead atoms. The normalized spacial score (nSPS) is 30.4. The van der Waals surface area contributed by atoms with Gasteiger partial charge < -0.3 is 10.1 Å². The first-order chi connectivity index (χ1) is 9.09. The van der Waals surface area contributed by atoms with Crippen LogP contribution in [-0.2, 0) is 0 Å². The lowest BCUT2D eigenvalue weighted by molar-refractivity contribution is 0.0134. The zero-order valence-electron chi connectivity index (χ0n) is 12.3. The number of hydrogen-bond acceptors (Lipinski definition) is 2. The van der Waals surface area contributed by atoms with E-state index < -0.39 is 0 Å². The lowest BCUT2D eigenvalue weighted by Gasteiger charge is -2.43. The molecule has 1 aliphatic heterocycles. The van der Waals surface area contributed by atoms with Crippen molar-refractivity contribution in [3.05, 3.63) is 29.3 Å². The first-order valence-corrected chi connectivity index (χ1v) is 7.56. The maximum Gasteiger partial charge on any atom is 0.124 e. The molecule has 1 aliphatic carbocycles. The van der Waals surface area contributed by atoms with E-state index in [9.17, 15) is 0 Å². The summed E-state index contributed by atoms with van der Waals surface area (Å²) in [7, 11) is 2.06. The third-order valence-corrected chi connectivity index (χ3v) is 4.83. The Morgan fingerprint density at radius 3 is 2.79 bits per heavy atom. The van der Waals surface area contributed by atoms with Crippen LogP contribution in [0.2, 0.25) is 0 Å². The summed E-state index contributed by atoms with van der Waals surface area (Å²) in [5.41, 5.74) is 2.64. The molecule has 2 nitrogen and oxygen atoms in total. The molecule has 1 aromatic carbocycles. The van der Waals surface area contributed by atoms with Gasteiger partial charge in [0.25, 0.3) is 0 Å². The SMILES string of the molecule is CNC1CC(C)(CC2CCC2)Oc2ccc(C)cc21. The van der Waals surface area contributed by atoms with E-state index in [2.05, 4.69) is 44.4 Å². The number of fused-ring (bicyclic) bond motifs is 1. The van der Waals surface area contributed by atoms with Crippen LogP contribution in [0.4, 0.5) is 0 Å². The van der Waals surface area contributed by atoms with Crippen molar-refractivity contribution in [2.75, 3.05) is 7.05 Å². The van der Waals surface area contributed by atoms with Gasteiger partial charge >= 0.3 is 0 Å². The summed E-state index contributed by atoms with van der Waals surface area (Å²) in [6.45, 7) is 4.44. The van der Waals surface area contributed by atoms with Gasteiger partial charge in [0.05, 0.1) is 0 Å². The van der Waals surface area contributed by atoms with Crippen molar-refractivity contribution in [3.63, 3.8) is 0 Å². The Labute approximate surface area is 116 Å². The van der Waals surface area contributed by atoms with Crippen molar-refractivity contribution in [1.82, 2.24) is 5.32 Å². The first-order valence-electron chi connectivity index (χ1n) is 7.56. The van der Waals surface area contributed by atoms with Gasteiger partial charge in [-0.15, -0.1) is 0 Å². The number of ether oxygens (including phenoxy) is 1. The first kappa shape index (κ1) is 13.0. The molecule has 0 amide bonds. The molecule has 19 heavy (non-hydrogen) atoms. The minimum Gasteiger partial charge on any atom is -0.487 e. The van der Waals surface area contributed by atoms with Crippen LogP contribution in [0.3, 0.4) is 0 Å². The Morgan fingerprint density at radius 1 is 1.37 bits per heavy atom. The van der Waals surface area contributed by atoms with Gasteiger partial charge in [-0.2, -0.15) is 0 Å². The van der Waals surface area contributed by atoms with Crippen LogP contribution in [-0.4, -0.2) is 12.6 Å². The van der Waals surface area contributed by atoms with Gasteiger partial charge in [0.15, 0.2) is 0 Å².